The number of aromatic nitrogens is 4. The predicted molar refractivity (Wildman–Crippen MR) is 83.6 cm³/mol. The molecule has 1 amide bonds. The van der Waals surface area contributed by atoms with E-state index >= 15 is 0 Å². The number of tetrazole rings is 1. The Labute approximate surface area is 131 Å². The predicted octanol–water partition coefficient (Wildman–Crippen LogP) is 2.12. The molecule has 7 heteroatoms. The van der Waals surface area contributed by atoms with Crippen LogP contribution in [0.5, 0.6) is 0 Å². The number of ketones is 1. The van der Waals surface area contributed by atoms with Crippen LogP contribution in [-0.2, 0) is 0 Å². The van der Waals surface area contributed by atoms with Crippen LogP contribution in [0.15, 0.2) is 54.9 Å². The molecule has 0 aliphatic rings. The van der Waals surface area contributed by atoms with Crippen LogP contribution in [0.25, 0.3) is 5.69 Å². The molecule has 3 aromatic rings. The topological polar surface area (TPSA) is 89.8 Å². The van der Waals surface area contributed by atoms with Crippen molar-refractivity contribution in [2.45, 2.75) is 6.92 Å². The number of carbonyl (C=O) groups excluding carboxylic acids is 2. The molecule has 114 valence electrons. The van der Waals surface area contributed by atoms with E-state index in [0.29, 0.717) is 22.5 Å². The van der Waals surface area contributed by atoms with Gasteiger partial charge in [-0.1, -0.05) is 18.2 Å². The van der Waals surface area contributed by atoms with E-state index in [-0.39, 0.29) is 11.7 Å². The van der Waals surface area contributed by atoms with Crippen molar-refractivity contribution in [1.29, 1.82) is 0 Å². The van der Waals surface area contributed by atoms with Crippen molar-refractivity contribution in [2.24, 2.45) is 0 Å². The van der Waals surface area contributed by atoms with Crippen LogP contribution in [0, 0.1) is 0 Å². The van der Waals surface area contributed by atoms with Gasteiger partial charge in [0.1, 0.15) is 6.33 Å². The fourth-order valence-electron chi connectivity index (χ4n) is 2.09. The smallest absolute Gasteiger partial charge is 0.255 e. The number of rotatable bonds is 4. The molecule has 7 nitrogen and oxygen atoms in total. The first-order valence-electron chi connectivity index (χ1n) is 6.89. The number of anilines is 1. The summed E-state index contributed by atoms with van der Waals surface area (Å²) in [7, 11) is 0. The lowest BCUT2D eigenvalue weighted by atomic mass is 10.1. The van der Waals surface area contributed by atoms with Crippen molar-refractivity contribution in [3.05, 3.63) is 66.0 Å². The minimum Gasteiger partial charge on any atom is -0.322 e. The minimum atomic E-state index is -0.277. The summed E-state index contributed by atoms with van der Waals surface area (Å²) in [6.07, 6.45) is 1.45. The van der Waals surface area contributed by atoms with E-state index in [1.165, 1.54) is 17.9 Å². The van der Waals surface area contributed by atoms with E-state index < -0.39 is 0 Å². The fraction of sp³-hybridized carbons (Fsp3) is 0.0625. The van der Waals surface area contributed by atoms with Gasteiger partial charge in [0.05, 0.1) is 5.69 Å². The van der Waals surface area contributed by atoms with Gasteiger partial charge in [-0.25, -0.2) is 4.68 Å². The van der Waals surface area contributed by atoms with E-state index in [1.807, 2.05) is 0 Å². The molecule has 1 N–H and O–H groups in total. The maximum Gasteiger partial charge on any atom is 0.255 e. The molecular weight excluding hydrogens is 294 g/mol. The third kappa shape index (κ3) is 3.29. The Hall–Kier alpha value is -3.35. The second-order valence-electron chi connectivity index (χ2n) is 4.90. The molecule has 0 saturated carbocycles. The molecule has 2 aromatic carbocycles. The molecule has 0 aliphatic carbocycles. The molecule has 0 unspecified atom stereocenters. The monoisotopic (exact) mass is 307 g/mol. The highest BCUT2D eigenvalue weighted by Crippen LogP contribution is 2.14. The Morgan fingerprint density at radius 2 is 1.83 bits per heavy atom. The third-order valence-corrected chi connectivity index (χ3v) is 3.25. The van der Waals surface area contributed by atoms with E-state index in [9.17, 15) is 9.59 Å². The Kier molecular flexibility index (Phi) is 3.92. The van der Waals surface area contributed by atoms with Gasteiger partial charge in [-0.15, -0.1) is 5.10 Å². The summed E-state index contributed by atoms with van der Waals surface area (Å²) in [5.74, 6) is -0.331. The van der Waals surface area contributed by atoms with Crippen LogP contribution in [0.1, 0.15) is 27.6 Å². The first-order valence-corrected chi connectivity index (χ1v) is 6.89. The lowest BCUT2D eigenvalue weighted by Gasteiger charge is -2.07. The first kappa shape index (κ1) is 14.6. The summed E-state index contributed by atoms with van der Waals surface area (Å²) in [4.78, 5) is 23.8. The molecule has 1 aromatic heterocycles. The molecular formula is C16H13N5O2. The third-order valence-electron chi connectivity index (χ3n) is 3.25. The van der Waals surface area contributed by atoms with Gasteiger partial charge < -0.3 is 5.32 Å². The van der Waals surface area contributed by atoms with Gasteiger partial charge in [0.2, 0.25) is 0 Å². The van der Waals surface area contributed by atoms with Crippen LogP contribution < -0.4 is 5.32 Å². The average Bonchev–Trinajstić information content (AvgIpc) is 3.10. The van der Waals surface area contributed by atoms with Crippen molar-refractivity contribution in [3.8, 4) is 5.69 Å². The summed E-state index contributed by atoms with van der Waals surface area (Å²) in [5.41, 5.74) is 2.26. The van der Waals surface area contributed by atoms with Crippen molar-refractivity contribution in [1.82, 2.24) is 20.2 Å². The maximum atomic E-state index is 12.4. The normalized spacial score (nSPS) is 10.3. The standard InChI is InChI=1S/C16H13N5O2/c1-11(22)12-4-2-6-14(8-12)18-16(23)13-5-3-7-15(9-13)21-10-17-19-20-21/h2-10H,1H3,(H,18,23). The van der Waals surface area contributed by atoms with E-state index in [0.717, 1.165) is 0 Å². The van der Waals surface area contributed by atoms with Crippen LogP contribution in [0.2, 0.25) is 0 Å². The second-order valence-corrected chi connectivity index (χ2v) is 4.90. The summed E-state index contributed by atoms with van der Waals surface area (Å²) >= 11 is 0. The Morgan fingerprint density at radius 3 is 2.57 bits per heavy atom. The van der Waals surface area contributed by atoms with Crippen molar-refractivity contribution < 1.29 is 9.59 Å². The van der Waals surface area contributed by atoms with Gasteiger partial charge >= 0.3 is 0 Å². The highest BCUT2D eigenvalue weighted by atomic mass is 16.1. The summed E-state index contributed by atoms with van der Waals surface area (Å²) < 4.78 is 1.47. The van der Waals surface area contributed by atoms with Crippen molar-refractivity contribution in [3.63, 3.8) is 0 Å². The molecule has 0 radical (unpaired) electrons. The number of hydrogen-bond acceptors (Lipinski definition) is 5. The van der Waals surface area contributed by atoms with Gasteiger partial charge in [-0.3, -0.25) is 9.59 Å². The Balaban J connectivity index is 1.82. The molecule has 23 heavy (non-hydrogen) atoms. The van der Waals surface area contributed by atoms with Crippen LogP contribution in [0.3, 0.4) is 0 Å². The number of benzene rings is 2. The number of hydrogen-bond donors (Lipinski definition) is 1. The molecule has 0 atom stereocenters. The lowest BCUT2D eigenvalue weighted by Crippen LogP contribution is -2.12. The van der Waals surface area contributed by atoms with Gasteiger partial charge in [0.25, 0.3) is 5.91 Å². The number of Topliss-reactive ketones (excluding diaryl/α,β-unsaturated/α-hetero) is 1. The number of nitrogens with one attached hydrogen (secondary N) is 1. The molecule has 0 aliphatic heterocycles. The van der Waals surface area contributed by atoms with Crippen LogP contribution in [0.4, 0.5) is 5.69 Å². The Bertz CT molecular complexity index is 858. The Morgan fingerprint density at radius 1 is 1.04 bits per heavy atom. The van der Waals surface area contributed by atoms with E-state index in [1.54, 1.807) is 48.5 Å². The van der Waals surface area contributed by atoms with Gasteiger partial charge in [0.15, 0.2) is 5.78 Å². The summed E-state index contributed by atoms with van der Waals surface area (Å²) in [6.45, 7) is 1.48. The largest absolute Gasteiger partial charge is 0.322 e. The van der Waals surface area contributed by atoms with Crippen molar-refractivity contribution in [2.75, 3.05) is 5.32 Å². The zero-order valence-electron chi connectivity index (χ0n) is 12.3. The molecule has 1 heterocycles. The second kappa shape index (κ2) is 6.18. The average molecular weight is 307 g/mol. The van der Waals surface area contributed by atoms with Crippen LogP contribution >= 0.6 is 0 Å². The minimum absolute atomic E-state index is 0.0539. The SMILES string of the molecule is CC(=O)c1cccc(NC(=O)c2cccc(-n3cnnn3)c2)c1. The molecule has 0 saturated heterocycles. The molecule has 0 fully saturated rings. The highest BCUT2D eigenvalue weighted by Gasteiger charge is 2.09. The van der Waals surface area contributed by atoms with Gasteiger partial charge in [-0.2, -0.15) is 0 Å². The van der Waals surface area contributed by atoms with E-state index in [2.05, 4.69) is 20.8 Å². The maximum absolute atomic E-state index is 12.4. The lowest BCUT2D eigenvalue weighted by molar-refractivity contribution is 0.101. The number of nitrogens with zero attached hydrogens (tertiary/aromatic N) is 4. The molecule has 3 rings (SSSR count). The summed E-state index contributed by atoms with van der Waals surface area (Å²) in [6, 6.07) is 13.7. The van der Waals surface area contributed by atoms with Gasteiger partial charge in [-0.05, 0) is 47.7 Å². The number of amides is 1. The van der Waals surface area contributed by atoms with Crippen molar-refractivity contribution >= 4 is 17.4 Å². The zero-order valence-corrected chi connectivity index (χ0v) is 12.3. The molecule has 0 bridgehead atoms. The fourth-order valence-corrected chi connectivity index (χ4v) is 2.09. The quantitative estimate of drug-likeness (QED) is 0.746. The molecule has 0 spiro atoms. The summed E-state index contributed by atoms with van der Waals surface area (Å²) in [5, 5.41) is 13.7. The van der Waals surface area contributed by atoms with E-state index in [4.69, 9.17) is 0 Å². The highest BCUT2D eigenvalue weighted by molar-refractivity contribution is 6.05. The number of carbonyl (C=O) groups is 2. The van der Waals surface area contributed by atoms with Gasteiger partial charge in [0, 0.05) is 16.8 Å². The van der Waals surface area contributed by atoms with Crippen LogP contribution in [-0.4, -0.2) is 31.9 Å². The first-order chi connectivity index (χ1) is 11.1. The zero-order chi connectivity index (χ0) is 16.2.